The van der Waals surface area contributed by atoms with Gasteiger partial charge in [-0.05, 0) is 73.8 Å². The van der Waals surface area contributed by atoms with Gasteiger partial charge in [-0.15, -0.1) is 0 Å². The van der Waals surface area contributed by atoms with Crippen LogP contribution in [0.4, 0.5) is 14.5 Å². The molecular weight excluding hydrogens is 394 g/mol. The van der Waals surface area contributed by atoms with E-state index in [2.05, 4.69) is 5.32 Å². The number of halogens is 2. The van der Waals surface area contributed by atoms with Crippen LogP contribution in [0.1, 0.15) is 44.9 Å². The van der Waals surface area contributed by atoms with Crippen LogP contribution in [0, 0.1) is 34.8 Å². The second kappa shape index (κ2) is 8.32. The Morgan fingerprint density at radius 1 is 0.967 bits per heavy atom. The van der Waals surface area contributed by atoms with Gasteiger partial charge >= 0.3 is 5.97 Å². The Balaban J connectivity index is 1.19. The molecule has 4 aliphatic carbocycles. The molecule has 6 nitrogen and oxygen atoms in total. The zero-order valence-corrected chi connectivity index (χ0v) is 16.7. The predicted molar refractivity (Wildman–Crippen MR) is 104 cm³/mol. The lowest BCUT2D eigenvalue weighted by Crippen LogP contribution is -2.48. The monoisotopic (exact) mass is 420 g/mol. The van der Waals surface area contributed by atoms with Crippen molar-refractivity contribution in [1.82, 2.24) is 5.32 Å². The molecule has 0 saturated heterocycles. The first-order valence-corrected chi connectivity index (χ1v) is 10.5. The average molecular weight is 420 g/mol. The fraction of sp³-hybridized carbons (Fsp3) is 0.591. The predicted octanol–water partition coefficient (Wildman–Crippen LogP) is 3.17. The highest BCUT2D eigenvalue weighted by Gasteiger charge is 2.51. The molecule has 4 aliphatic rings. The van der Waals surface area contributed by atoms with Crippen molar-refractivity contribution in [2.24, 2.45) is 23.2 Å². The van der Waals surface area contributed by atoms with E-state index in [9.17, 15) is 23.2 Å². The SMILES string of the molecule is O=C(CC12CC3CC(CC(C3)C1)C2)NCC(=O)OCC(=O)Nc1c(F)cccc1F. The Labute approximate surface area is 173 Å². The molecule has 1 aromatic carbocycles. The molecule has 0 atom stereocenters. The average Bonchev–Trinajstić information content (AvgIpc) is 2.66. The van der Waals surface area contributed by atoms with Crippen LogP contribution in [0.3, 0.4) is 0 Å². The number of carbonyl (C=O) groups excluding carboxylic acids is 3. The highest BCUT2D eigenvalue weighted by molar-refractivity contribution is 5.93. The van der Waals surface area contributed by atoms with Gasteiger partial charge in [0.2, 0.25) is 5.91 Å². The molecule has 0 spiro atoms. The number of ether oxygens (including phenoxy) is 1. The molecule has 8 heteroatoms. The van der Waals surface area contributed by atoms with Gasteiger partial charge in [-0.3, -0.25) is 14.4 Å². The third-order valence-electron chi connectivity index (χ3n) is 6.72. The minimum atomic E-state index is -0.924. The molecule has 4 fully saturated rings. The minimum Gasteiger partial charge on any atom is -0.454 e. The number of para-hydroxylation sites is 1. The summed E-state index contributed by atoms with van der Waals surface area (Å²) in [4.78, 5) is 36.0. The number of amides is 2. The molecule has 0 aromatic heterocycles. The highest BCUT2D eigenvalue weighted by atomic mass is 19.1. The first-order valence-electron chi connectivity index (χ1n) is 10.5. The molecule has 5 rings (SSSR count). The Bertz CT molecular complexity index is 802. The van der Waals surface area contributed by atoms with Crippen LogP contribution >= 0.6 is 0 Å². The maximum Gasteiger partial charge on any atom is 0.325 e. The Morgan fingerprint density at radius 2 is 1.53 bits per heavy atom. The van der Waals surface area contributed by atoms with Crippen LogP contribution in [0.25, 0.3) is 0 Å². The summed E-state index contributed by atoms with van der Waals surface area (Å²) in [6.45, 7) is -1.04. The van der Waals surface area contributed by atoms with E-state index in [0.717, 1.165) is 49.1 Å². The summed E-state index contributed by atoms with van der Waals surface area (Å²) in [5.41, 5.74) is -0.519. The fourth-order valence-electron chi connectivity index (χ4n) is 6.07. The second-order valence-electron chi connectivity index (χ2n) is 9.18. The molecule has 0 aliphatic heterocycles. The summed E-state index contributed by atoms with van der Waals surface area (Å²) in [6.07, 6.45) is 7.62. The molecule has 0 radical (unpaired) electrons. The van der Waals surface area contributed by atoms with Gasteiger partial charge in [0.15, 0.2) is 6.61 Å². The zero-order valence-electron chi connectivity index (χ0n) is 16.7. The smallest absolute Gasteiger partial charge is 0.325 e. The zero-order chi connectivity index (χ0) is 21.3. The largest absolute Gasteiger partial charge is 0.454 e. The van der Waals surface area contributed by atoms with Crippen LogP contribution in [0.2, 0.25) is 0 Å². The van der Waals surface area contributed by atoms with Crippen LogP contribution in [0.15, 0.2) is 18.2 Å². The molecular formula is C22H26F2N2O4. The van der Waals surface area contributed by atoms with Crippen molar-refractivity contribution in [3.05, 3.63) is 29.8 Å². The quantitative estimate of drug-likeness (QED) is 0.664. The Kier molecular flexibility index (Phi) is 5.75. The summed E-state index contributed by atoms with van der Waals surface area (Å²) >= 11 is 0. The summed E-state index contributed by atoms with van der Waals surface area (Å²) in [5, 5.41) is 4.61. The maximum absolute atomic E-state index is 13.5. The first kappa shape index (κ1) is 20.8. The number of carbonyl (C=O) groups is 3. The molecule has 30 heavy (non-hydrogen) atoms. The van der Waals surface area contributed by atoms with Gasteiger partial charge in [0.05, 0.1) is 0 Å². The highest BCUT2D eigenvalue weighted by Crippen LogP contribution is 2.61. The topological polar surface area (TPSA) is 84.5 Å². The number of anilines is 1. The number of rotatable bonds is 7. The standard InChI is InChI=1S/C22H26F2N2O4/c23-16-2-1-3-17(24)21(16)26-19(28)12-30-20(29)11-25-18(27)10-22-7-13-4-14(8-22)6-15(5-13)9-22/h1-3,13-15H,4-12H2,(H,25,27)(H,26,28). The van der Waals surface area contributed by atoms with Gasteiger partial charge in [0, 0.05) is 6.42 Å². The Hall–Kier alpha value is -2.51. The lowest BCUT2D eigenvalue weighted by atomic mass is 9.49. The lowest BCUT2D eigenvalue weighted by Gasteiger charge is -2.56. The number of nitrogens with one attached hydrogen (secondary N) is 2. The van der Waals surface area contributed by atoms with Gasteiger partial charge in [0.25, 0.3) is 5.91 Å². The molecule has 4 bridgehead atoms. The van der Waals surface area contributed by atoms with E-state index in [4.69, 9.17) is 4.74 Å². The molecule has 0 heterocycles. The molecule has 2 N–H and O–H groups in total. The van der Waals surface area contributed by atoms with Crippen molar-refractivity contribution in [2.75, 3.05) is 18.5 Å². The van der Waals surface area contributed by atoms with Crippen LogP contribution in [-0.2, 0) is 19.1 Å². The van der Waals surface area contributed by atoms with E-state index >= 15 is 0 Å². The van der Waals surface area contributed by atoms with E-state index in [0.29, 0.717) is 6.42 Å². The van der Waals surface area contributed by atoms with E-state index in [1.54, 1.807) is 0 Å². The van der Waals surface area contributed by atoms with Crippen molar-refractivity contribution in [1.29, 1.82) is 0 Å². The van der Waals surface area contributed by atoms with Crippen molar-refractivity contribution < 1.29 is 27.9 Å². The van der Waals surface area contributed by atoms with Crippen molar-refractivity contribution in [2.45, 2.75) is 44.9 Å². The Morgan fingerprint density at radius 3 is 2.10 bits per heavy atom. The summed E-state index contributed by atoms with van der Waals surface area (Å²) < 4.78 is 31.8. The van der Waals surface area contributed by atoms with Gasteiger partial charge in [-0.1, -0.05) is 6.07 Å². The molecule has 4 saturated carbocycles. The van der Waals surface area contributed by atoms with Crippen molar-refractivity contribution in [3.8, 4) is 0 Å². The van der Waals surface area contributed by atoms with E-state index < -0.39 is 35.8 Å². The van der Waals surface area contributed by atoms with E-state index in [-0.39, 0.29) is 17.9 Å². The van der Waals surface area contributed by atoms with Gasteiger partial charge in [0.1, 0.15) is 23.9 Å². The van der Waals surface area contributed by atoms with Crippen LogP contribution in [-0.4, -0.2) is 30.9 Å². The summed E-state index contributed by atoms with van der Waals surface area (Å²) in [6, 6.07) is 3.18. The second-order valence-corrected chi connectivity index (χ2v) is 9.18. The number of hydrogen-bond donors (Lipinski definition) is 2. The normalized spacial score (nSPS) is 28.8. The molecule has 0 unspecified atom stereocenters. The lowest BCUT2D eigenvalue weighted by molar-refractivity contribution is -0.147. The molecule has 2 amide bonds. The number of esters is 1. The third-order valence-corrected chi connectivity index (χ3v) is 6.72. The van der Waals surface area contributed by atoms with Crippen LogP contribution < -0.4 is 10.6 Å². The van der Waals surface area contributed by atoms with Crippen LogP contribution in [0.5, 0.6) is 0 Å². The van der Waals surface area contributed by atoms with E-state index in [1.165, 1.54) is 25.3 Å². The molecule has 162 valence electrons. The maximum atomic E-state index is 13.5. The summed E-state index contributed by atoms with van der Waals surface area (Å²) in [7, 11) is 0. The van der Waals surface area contributed by atoms with Gasteiger partial charge < -0.3 is 15.4 Å². The van der Waals surface area contributed by atoms with Gasteiger partial charge in [-0.2, -0.15) is 0 Å². The van der Waals surface area contributed by atoms with E-state index in [1.807, 2.05) is 5.32 Å². The fourth-order valence-corrected chi connectivity index (χ4v) is 6.07. The number of benzene rings is 1. The minimum absolute atomic E-state index is 0.0758. The third kappa shape index (κ3) is 4.63. The molecule has 1 aromatic rings. The number of hydrogen-bond acceptors (Lipinski definition) is 4. The van der Waals surface area contributed by atoms with Gasteiger partial charge in [-0.25, -0.2) is 8.78 Å². The first-order chi connectivity index (χ1) is 14.3. The van der Waals surface area contributed by atoms with Crippen molar-refractivity contribution in [3.63, 3.8) is 0 Å². The van der Waals surface area contributed by atoms with Crippen molar-refractivity contribution >= 4 is 23.5 Å². The summed E-state index contributed by atoms with van der Waals surface area (Å²) in [5.74, 6) is -1.44.